The molecule has 1 atom stereocenters. The first-order valence-corrected chi connectivity index (χ1v) is 6.58. The molecule has 0 aliphatic heterocycles. The van der Waals surface area contributed by atoms with E-state index >= 15 is 0 Å². The molecule has 1 unspecified atom stereocenters. The second-order valence-electron chi connectivity index (χ2n) is 5.19. The third-order valence-corrected chi connectivity index (χ3v) is 3.61. The summed E-state index contributed by atoms with van der Waals surface area (Å²) in [6.45, 7) is 3.35. The molecule has 0 aromatic carbocycles. The van der Waals surface area contributed by atoms with E-state index in [-0.39, 0.29) is 0 Å². The number of carbonyl (C=O) groups is 1. The van der Waals surface area contributed by atoms with Gasteiger partial charge in [0.25, 0.3) is 0 Å². The minimum Gasteiger partial charge on any atom is -0.480 e. The van der Waals surface area contributed by atoms with Gasteiger partial charge in [-0.1, -0.05) is 12.8 Å². The number of hydrogen-bond acceptors (Lipinski definition) is 3. The van der Waals surface area contributed by atoms with Crippen LogP contribution in [0.3, 0.4) is 0 Å². The molecular weight excluding hydrogens is 218 g/mol. The second-order valence-corrected chi connectivity index (χ2v) is 5.19. The van der Waals surface area contributed by atoms with Crippen molar-refractivity contribution in [3.8, 4) is 0 Å². The summed E-state index contributed by atoms with van der Waals surface area (Å²) in [5, 5.41) is 11.9. The van der Waals surface area contributed by atoms with Gasteiger partial charge in [0.2, 0.25) is 0 Å². The molecule has 17 heavy (non-hydrogen) atoms. The Morgan fingerprint density at radius 2 is 2.12 bits per heavy atom. The van der Waals surface area contributed by atoms with Crippen molar-refractivity contribution < 1.29 is 14.6 Å². The number of hydrogen-bond donors (Lipinski definition) is 2. The smallest absolute Gasteiger partial charge is 0.323 e. The first-order valence-electron chi connectivity index (χ1n) is 6.58. The zero-order valence-corrected chi connectivity index (χ0v) is 11.0. The van der Waals surface area contributed by atoms with Crippen LogP contribution in [0.5, 0.6) is 0 Å². The van der Waals surface area contributed by atoms with Gasteiger partial charge in [0.05, 0.1) is 0 Å². The van der Waals surface area contributed by atoms with Crippen LogP contribution in [0.2, 0.25) is 0 Å². The van der Waals surface area contributed by atoms with E-state index in [9.17, 15) is 4.79 Å². The predicted octanol–water partition coefficient (Wildman–Crippen LogP) is 2.04. The molecule has 0 spiro atoms. The SMILES string of the molecule is CNC(C)(CCCCOCCC1CC1)C(=O)O. The van der Waals surface area contributed by atoms with Gasteiger partial charge in [-0.15, -0.1) is 0 Å². The fourth-order valence-electron chi connectivity index (χ4n) is 1.78. The second kappa shape index (κ2) is 6.97. The van der Waals surface area contributed by atoms with Gasteiger partial charge in [0.15, 0.2) is 0 Å². The normalized spacial score (nSPS) is 18.9. The Labute approximate surface area is 104 Å². The van der Waals surface area contributed by atoms with Gasteiger partial charge in [-0.25, -0.2) is 0 Å². The molecule has 2 N–H and O–H groups in total. The molecule has 0 amide bonds. The van der Waals surface area contributed by atoms with Crippen LogP contribution < -0.4 is 5.32 Å². The highest BCUT2D eigenvalue weighted by Gasteiger charge is 2.30. The van der Waals surface area contributed by atoms with Gasteiger partial charge in [0.1, 0.15) is 5.54 Å². The van der Waals surface area contributed by atoms with Crippen LogP contribution in [-0.4, -0.2) is 36.9 Å². The van der Waals surface area contributed by atoms with Gasteiger partial charge >= 0.3 is 5.97 Å². The molecular formula is C13H25NO3. The maximum atomic E-state index is 11.0. The third kappa shape index (κ3) is 5.50. The minimum atomic E-state index is -0.798. The lowest BCUT2D eigenvalue weighted by molar-refractivity contribution is -0.144. The summed E-state index contributed by atoms with van der Waals surface area (Å²) >= 11 is 0. The lowest BCUT2D eigenvalue weighted by atomic mass is 9.95. The molecule has 4 heteroatoms. The van der Waals surface area contributed by atoms with E-state index in [0.29, 0.717) is 6.42 Å². The first-order chi connectivity index (χ1) is 8.08. The molecule has 0 radical (unpaired) electrons. The van der Waals surface area contributed by atoms with Crippen molar-refractivity contribution in [2.75, 3.05) is 20.3 Å². The maximum absolute atomic E-state index is 11.0. The summed E-state index contributed by atoms with van der Waals surface area (Å²) in [7, 11) is 1.69. The Hall–Kier alpha value is -0.610. The highest BCUT2D eigenvalue weighted by molar-refractivity contribution is 5.78. The fourth-order valence-corrected chi connectivity index (χ4v) is 1.78. The zero-order chi connectivity index (χ0) is 12.7. The summed E-state index contributed by atoms with van der Waals surface area (Å²) < 4.78 is 5.53. The van der Waals surface area contributed by atoms with Crippen LogP contribution in [0, 0.1) is 5.92 Å². The molecule has 0 aromatic rings. The van der Waals surface area contributed by atoms with E-state index in [0.717, 1.165) is 32.0 Å². The summed E-state index contributed by atoms with van der Waals surface area (Å²) in [6.07, 6.45) is 6.42. The van der Waals surface area contributed by atoms with Gasteiger partial charge in [-0.2, -0.15) is 0 Å². The molecule has 1 rings (SSSR count). The number of unbranched alkanes of at least 4 members (excludes halogenated alkanes) is 1. The molecule has 100 valence electrons. The van der Waals surface area contributed by atoms with Gasteiger partial charge < -0.3 is 15.2 Å². The van der Waals surface area contributed by atoms with Gasteiger partial charge in [0, 0.05) is 13.2 Å². The molecule has 1 aliphatic rings. The molecule has 1 aliphatic carbocycles. The standard InChI is InChI=1S/C13H25NO3/c1-13(14-2,12(15)16)8-3-4-9-17-10-7-11-5-6-11/h11,14H,3-10H2,1-2H3,(H,15,16). The Bertz CT molecular complexity index is 241. The zero-order valence-electron chi connectivity index (χ0n) is 11.0. The largest absolute Gasteiger partial charge is 0.480 e. The minimum absolute atomic E-state index is 0.644. The molecule has 0 heterocycles. The summed E-state index contributed by atoms with van der Waals surface area (Å²) in [5.74, 6) is 0.143. The van der Waals surface area contributed by atoms with Gasteiger partial charge in [-0.3, -0.25) is 4.79 Å². The molecule has 0 bridgehead atoms. The average Bonchev–Trinajstić information content (AvgIpc) is 3.11. The highest BCUT2D eigenvalue weighted by atomic mass is 16.5. The van der Waals surface area contributed by atoms with Crippen molar-refractivity contribution in [3.63, 3.8) is 0 Å². The van der Waals surface area contributed by atoms with Crippen LogP contribution >= 0.6 is 0 Å². The molecule has 0 saturated heterocycles. The summed E-state index contributed by atoms with van der Waals surface area (Å²) in [5.41, 5.74) is -0.798. The summed E-state index contributed by atoms with van der Waals surface area (Å²) in [6, 6.07) is 0. The topological polar surface area (TPSA) is 58.6 Å². The molecule has 0 aromatic heterocycles. The van der Waals surface area contributed by atoms with E-state index < -0.39 is 11.5 Å². The Morgan fingerprint density at radius 3 is 2.65 bits per heavy atom. The van der Waals surface area contributed by atoms with E-state index in [4.69, 9.17) is 9.84 Å². The van der Waals surface area contributed by atoms with Crippen molar-refractivity contribution >= 4 is 5.97 Å². The van der Waals surface area contributed by atoms with E-state index in [1.165, 1.54) is 19.3 Å². The van der Waals surface area contributed by atoms with Crippen molar-refractivity contribution in [2.24, 2.45) is 5.92 Å². The van der Waals surface area contributed by atoms with Crippen LogP contribution in [-0.2, 0) is 9.53 Å². The van der Waals surface area contributed by atoms with Crippen molar-refractivity contribution in [2.45, 2.75) is 51.0 Å². The van der Waals surface area contributed by atoms with Crippen LogP contribution in [0.25, 0.3) is 0 Å². The fraction of sp³-hybridized carbons (Fsp3) is 0.923. The lowest BCUT2D eigenvalue weighted by Crippen LogP contribution is -2.47. The highest BCUT2D eigenvalue weighted by Crippen LogP contribution is 2.32. The summed E-state index contributed by atoms with van der Waals surface area (Å²) in [4.78, 5) is 11.0. The monoisotopic (exact) mass is 243 g/mol. The Morgan fingerprint density at radius 1 is 1.41 bits per heavy atom. The average molecular weight is 243 g/mol. The number of aliphatic carboxylic acids is 1. The Kier molecular flexibility index (Phi) is 5.92. The predicted molar refractivity (Wildman–Crippen MR) is 67.1 cm³/mol. The molecule has 4 nitrogen and oxygen atoms in total. The van der Waals surface area contributed by atoms with Crippen LogP contribution in [0.15, 0.2) is 0 Å². The number of ether oxygens (including phenoxy) is 1. The van der Waals surface area contributed by atoms with Crippen LogP contribution in [0.4, 0.5) is 0 Å². The van der Waals surface area contributed by atoms with E-state index in [1.807, 2.05) is 0 Å². The lowest BCUT2D eigenvalue weighted by Gasteiger charge is -2.23. The number of carboxylic acids is 1. The van der Waals surface area contributed by atoms with Crippen molar-refractivity contribution in [3.05, 3.63) is 0 Å². The van der Waals surface area contributed by atoms with Gasteiger partial charge in [-0.05, 0) is 45.6 Å². The number of likely N-dealkylation sites (N-methyl/N-ethyl adjacent to an activating group) is 1. The molecule has 1 saturated carbocycles. The molecule has 1 fully saturated rings. The third-order valence-electron chi connectivity index (χ3n) is 3.61. The van der Waals surface area contributed by atoms with Crippen LogP contribution in [0.1, 0.15) is 45.4 Å². The van der Waals surface area contributed by atoms with E-state index in [2.05, 4.69) is 5.32 Å². The first kappa shape index (κ1) is 14.5. The Balaban J connectivity index is 1.96. The number of rotatable bonds is 10. The number of carboxylic acid groups (broad SMARTS) is 1. The number of nitrogens with one attached hydrogen (secondary N) is 1. The van der Waals surface area contributed by atoms with Crippen molar-refractivity contribution in [1.82, 2.24) is 5.32 Å². The maximum Gasteiger partial charge on any atom is 0.323 e. The van der Waals surface area contributed by atoms with E-state index in [1.54, 1.807) is 14.0 Å². The van der Waals surface area contributed by atoms with Crippen molar-refractivity contribution in [1.29, 1.82) is 0 Å². The quantitative estimate of drug-likeness (QED) is 0.576.